The van der Waals surface area contributed by atoms with E-state index in [0.717, 1.165) is 6.42 Å². The van der Waals surface area contributed by atoms with Gasteiger partial charge < -0.3 is 24.3 Å². The molecule has 0 bridgehead atoms. The number of hydrogen-bond donors (Lipinski definition) is 1. The van der Waals surface area contributed by atoms with Gasteiger partial charge in [-0.05, 0) is 54.7 Å². The van der Waals surface area contributed by atoms with Gasteiger partial charge in [0.05, 0.1) is 7.11 Å². The minimum absolute atomic E-state index is 0.118. The molecule has 0 aliphatic carbocycles. The fourth-order valence-corrected chi connectivity index (χ4v) is 3.51. The van der Waals surface area contributed by atoms with E-state index in [1.54, 1.807) is 18.2 Å². The molecule has 9 heteroatoms. The second-order valence-electron chi connectivity index (χ2n) is 10.8. The average Bonchev–Trinajstić information content (AvgIpc) is 2.88. The fraction of sp³-hybridized carbons (Fsp3) is 0.667. The van der Waals surface area contributed by atoms with Crippen LogP contribution in [0.25, 0.3) is 0 Å². The number of ether oxygens (including phenoxy) is 4. The van der Waals surface area contributed by atoms with Crippen LogP contribution in [-0.4, -0.2) is 50.2 Å². The van der Waals surface area contributed by atoms with Gasteiger partial charge in [-0.2, -0.15) is 0 Å². The van der Waals surface area contributed by atoms with E-state index in [-0.39, 0.29) is 55.8 Å². The third kappa shape index (κ3) is 14.7. The Kier molecular flexibility index (Phi) is 16.1. The lowest BCUT2D eigenvalue weighted by molar-refractivity contribution is -0.145. The highest BCUT2D eigenvalue weighted by Gasteiger charge is 2.22. The van der Waals surface area contributed by atoms with E-state index in [0.29, 0.717) is 36.7 Å². The first kappa shape index (κ1) is 34.1. The van der Waals surface area contributed by atoms with Crippen molar-refractivity contribution in [1.82, 2.24) is 5.32 Å². The fourth-order valence-electron chi connectivity index (χ4n) is 3.51. The lowest BCUT2D eigenvalue weighted by atomic mass is 10.0. The number of carbonyl (C=O) groups is 4. The van der Waals surface area contributed by atoms with Gasteiger partial charge in [0.1, 0.15) is 12.6 Å². The van der Waals surface area contributed by atoms with Crippen LogP contribution >= 0.6 is 0 Å². The topological polar surface area (TPSA) is 117 Å². The van der Waals surface area contributed by atoms with E-state index in [2.05, 4.69) is 5.32 Å². The number of carbonyl (C=O) groups excluding carboxylic acids is 4. The Morgan fingerprint density at radius 3 is 1.97 bits per heavy atom. The second kappa shape index (κ2) is 18.4. The Hall–Kier alpha value is -2.94. The van der Waals surface area contributed by atoms with Crippen LogP contribution in [0.2, 0.25) is 0 Å². The van der Waals surface area contributed by atoms with Crippen LogP contribution in [0, 0.1) is 17.8 Å². The number of esters is 4. The van der Waals surface area contributed by atoms with Crippen molar-refractivity contribution in [2.24, 2.45) is 17.8 Å². The SMILES string of the molecule is CCC(C)CC(=O)OCCN[C@@H](Cc1ccc(OC(=O)CCC(C)C)c(OC(=O)CCC(C)C)c1)C(=O)OC. The molecule has 0 saturated heterocycles. The largest absolute Gasteiger partial charge is 0.468 e. The molecular weight excluding hydrogens is 502 g/mol. The van der Waals surface area contributed by atoms with E-state index < -0.39 is 23.9 Å². The maximum absolute atomic E-state index is 12.5. The Labute approximate surface area is 233 Å². The van der Waals surface area contributed by atoms with Gasteiger partial charge in [-0.15, -0.1) is 0 Å². The van der Waals surface area contributed by atoms with Crippen LogP contribution < -0.4 is 14.8 Å². The molecule has 0 aliphatic rings. The van der Waals surface area contributed by atoms with Crippen molar-refractivity contribution in [3.63, 3.8) is 0 Å². The zero-order valence-corrected chi connectivity index (χ0v) is 24.7. The summed E-state index contributed by atoms with van der Waals surface area (Å²) >= 11 is 0. The monoisotopic (exact) mass is 549 g/mol. The molecule has 39 heavy (non-hydrogen) atoms. The van der Waals surface area contributed by atoms with E-state index in [4.69, 9.17) is 18.9 Å². The summed E-state index contributed by atoms with van der Waals surface area (Å²) in [4.78, 5) is 49.2. The van der Waals surface area contributed by atoms with Crippen LogP contribution in [0.5, 0.6) is 11.5 Å². The van der Waals surface area contributed by atoms with Crippen molar-refractivity contribution >= 4 is 23.9 Å². The Bertz CT molecular complexity index is 928. The molecule has 1 N–H and O–H groups in total. The standard InChI is InChI=1S/C30H47NO8/c1-8-22(6)17-29(34)37-16-15-31-24(30(35)36-7)18-23-11-12-25(38-27(32)13-9-20(2)3)26(19-23)39-28(33)14-10-21(4)5/h11-12,19-22,24,31H,8-10,13-18H2,1-7H3/t22?,24-/m0/s1. The zero-order valence-electron chi connectivity index (χ0n) is 24.7. The summed E-state index contributed by atoms with van der Waals surface area (Å²) in [7, 11) is 1.30. The highest BCUT2D eigenvalue weighted by atomic mass is 16.6. The van der Waals surface area contributed by atoms with Crippen molar-refractivity contribution in [3.8, 4) is 11.5 Å². The molecule has 0 spiro atoms. The Morgan fingerprint density at radius 1 is 0.846 bits per heavy atom. The summed E-state index contributed by atoms with van der Waals surface area (Å²) in [5, 5.41) is 3.06. The molecular formula is C30H47NO8. The quantitative estimate of drug-likeness (QED) is 0.153. The minimum Gasteiger partial charge on any atom is -0.468 e. The van der Waals surface area contributed by atoms with Gasteiger partial charge >= 0.3 is 23.9 Å². The van der Waals surface area contributed by atoms with Crippen LogP contribution in [-0.2, 0) is 35.1 Å². The lowest BCUT2D eigenvalue weighted by Crippen LogP contribution is -2.41. The van der Waals surface area contributed by atoms with Crippen molar-refractivity contribution in [3.05, 3.63) is 23.8 Å². The summed E-state index contributed by atoms with van der Waals surface area (Å²) in [6.45, 7) is 12.5. The molecule has 0 aliphatic heterocycles. The highest BCUT2D eigenvalue weighted by Crippen LogP contribution is 2.30. The van der Waals surface area contributed by atoms with E-state index in [1.165, 1.54) is 7.11 Å². The van der Waals surface area contributed by atoms with Crippen molar-refractivity contribution in [2.75, 3.05) is 20.3 Å². The van der Waals surface area contributed by atoms with Crippen LogP contribution in [0.1, 0.15) is 85.6 Å². The maximum Gasteiger partial charge on any atom is 0.323 e. The Morgan fingerprint density at radius 2 is 1.44 bits per heavy atom. The van der Waals surface area contributed by atoms with Crippen molar-refractivity contribution in [2.45, 2.75) is 92.5 Å². The molecule has 0 aromatic heterocycles. The van der Waals surface area contributed by atoms with Crippen LogP contribution in [0.3, 0.4) is 0 Å². The first-order valence-electron chi connectivity index (χ1n) is 14.0. The highest BCUT2D eigenvalue weighted by molar-refractivity contribution is 5.77. The number of methoxy groups -OCH3 is 1. The summed E-state index contributed by atoms with van der Waals surface area (Å²) in [5.41, 5.74) is 0.667. The van der Waals surface area contributed by atoms with Gasteiger partial charge in [0.25, 0.3) is 0 Å². The second-order valence-corrected chi connectivity index (χ2v) is 10.8. The summed E-state index contributed by atoms with van der Waals surface area (Å²) in [5.74, 6) is -0.390. The number of hydrogen-bond acceptors (Lipinski definition) is 9. The summed E-state index contributed by atoms with van der Waals surface area (Å²) in [6.07, 6.45) is 3.28. The molecule has 1 aromatic carbocycles. The summed E-state index contributed by atoms with van der Waals surface area (Å²) < 4.78 is 21.3. The summed E-state index contributed by atoms with van der Waals surface area (Å²) in [6, 6.07) is 4.15. The minimum atomic E-state index is -0.729. The van der Waals surface area contributed by atoms with E-state index in [9.17, 15) is 19.2 Å². The number of rotatable bonds is 18. The molecule has 0 heterocycles. The molecule has 9 nitrogen and oxygen atoms in total. The number of benzene rings is 1. The predicted molar refractivity (Wildman–Crippen MR) is 148 cm³/mol. The molecule has 220 valence electrons. The maximum atomic E-state index is 12.5. The third-order valence-corrected chi connectivity index (χ3v) is 6.20. The molecule has 0 radical (unpaired) electrons. The van der Waals surface area contributed by atoms with Crippen LogP contribution in [0.15, 0.2) is 18.2 Å². The Balaban J connectivity index is 2.96. The van der Waals surface area contributed by atoms with Crippen LogP contribution in [0.4, 0.5) is 0 Å². The van der Waals surface area contributed by atoms with Crippen molar-refractivity contribution in [1.29, 1.82) is 0 Å². The first-order valence-corrected chi connectivity index (χ1v) is 14.0. The predicted octanol–water partition coefficient (Wildman–Crippen LogP) is 5.02. The zero-order chi connectivity index (χ0) is 29.4. The van der Waals surface area contributed by atoms with E-state index >= 15 is 0 Å². The molecule has 1 aromatic rings. The average molecular weight is 550 g/mol. The molecule has 0 amide bonds. The van der Waals surface area contributed by atoms with Gasteiger partial charge in [0.2, 0.25) is 0 Å². The van der Waals surface area contributed by atoms with Gasteiger partial charge in [0, 0.05) is 25.8 Å². The normalized spacial score (nSPS) is 12.6. The van der Waals surface area contributed by atoms with Gasteiger partial charge in [-0.1, -0.05) is 54.0 Å². The lowest BCUT2D eigenvalue weighted by Gasteiger charge is -2.18. The van der Waals surface area contributed by atoms with Gasteiger partial charge in [0.15, 0.2) is 11.5 Å². The molecule has 0 fully saturated rings. The number of nitrogens with one attached hydrogen (secondary N) is 1. The van der Waals surface area contributed by atoms with E-state index in [1.807, 2.05) is 41.5 Å². The first-order chi connectivity index (χ1) is 18.4. The third-order valence-electron chi connectivity index (χ3n) is 6.20. The molecule has 0 saturated carbocycles. The van der Waals surface area contributed by atoms with Gasteiger partial charge in [-0.3, -0.25) is 19.2 Å². The van der Waals surface area contributed by atoms with Crippen molar-refractivity contribution < 1.29 is 38.1 Å². The van der Waals surface area contributed by atoms with Gasteiger partial charge in [-0.25, -0.2) is 0 Å². The molecule has 1 rings (SSSR count). The molecule has 1 unspecified atom stereocenters. The molecule has 2 atom stereocenters. The smallest absolute Gasteiger partial charge is 0.323 e.